The average Bonchev–Trinajstić information content (AvgIpc) is 2.43. The van der Waals surface area contributed by atoms with E-state index in [-0.39, 0.29) is 11.9 Å². The van der Waals surface area contributed by atoms with Crippen molar-refractivity contribution >= 4 is 11.6 Å². The van der Waals surface area contributed by atoms with Crippen LogP contribution in [0.25, 0.3) is 0 Å². The van der Waals surface area contributed by atoms with Crippen LogP contribution in [-0.2, 0) is 6.54 Å². The van der Waals surface area contributed by atoms with Crippen molar-refractivity contribution in [3.8, 4) is 0 Å². The number of hydrogen-bond donors (Lipinski definition) is 1. The second-order valence-corrected chi connectivity index (χ2v) is 5.74. The Kier molecular flexibility index (Phi) is 5.34. The molecule has 0 radical (unpaired) electrons. The summed E-state index contributed by atoms with van der Waals surface area (Å²) in [5.74, 6) is -0.192. The lowest BCUT2D eigenvalue weighted by atomic mass is 10.0. The van der Waals surface area contributed by atoms with Crippen molar-refractivity contribution in [1.29, 1.82) is 0 Å². The lowest BCUT2D eigenvalue weighted by Crippen LogP contribution is -2.30. The molecule has 2 aromatic rings. The Hall–Kier alpha value is -1.42. The highest BCUT2D eigenvalue weighted by Crippen LogP contribution is 2.23. The van der Waals surface area contributed by atoms with Crippen molar-refractivity contribution in [3.63, 3.8) is 0 Å². The molecule has 2 N–H and O–H groups in total. The molecule has 112 valence electrons. The third-order valence-corrected chi connectivity index (χ3v) is 3.89. The summed E-state index contributed by atoms with van der Waals surface area (Å²) < 4.78 is 13.7. The van der Waals surface area contributed by atoms with Gasteiger partial charge in [-0.2, -0.15) is 0 Å². The van der Waals surface area contributed by atoms with Gasteiger partial charge in [-0.05, 0) is 48.9 Å². The molecule has 0 aliphatic rings. The van der Waals surface area contributed by atoms with Crippen LogP contribution in [0.5, 0.6) is 0 Å². The smallest absolute Gasteiger partial charge is 0.126 e. The third kappa shape index (κ3) is 4.03. The fraction of sp³-hybridized carbons (Fsp3) is 0.294. The minimum atomic E-state index is -0.192. The Morgan fingerprint density at radius 2 is 2.00 bits per heavy atom. The summed E-state index contributed by atoms with van der Waals surface area (Å²) in [6.45, 7) is 2.89. The number of likely N-dealkylation sites (N-methyl/N-ethyl adjacent to an activating group) is 1. The first-order valence-corrected chi connectivity index (χ1v) is 7.30. The maximum atomic E-state index is 13.7. The van der Waals surface area contributed by atoms with Gasteiger partial charge >= 0.3 is 0 Å². The van der Waals surface area contributed by atoms with E-state index in [2.05, 4.69) is 4.90 Å². The molecule has 0 saturated carbocycles. The summed E-state index contributed by atoms with van der Waals surface area (Å²) in [7, 11) is 1.98. The maximum absolute atomic E-state index is 13.7. The molecule has 0 aliphatic heterocycles. The van der Waals surface area contributed by atoms with Crippen LogP contribution in [0.1, 0.15) is 22.7 Å². The third-order valence-electron chi connectivity index (χ3n) is 3.66. The molecule has 0 saturated heterocycles. The van der Waals surface area contributed by atoms with E-state index in [1.54, 1.807) is 19.1 Å². The van der Waals surface area contributed by atoms with E-state index in [0.29, 0.717) is 23.7 Å². The van der Waals surface area contributed by atoms with Gasteiger partial charge in [-0.15, -0.1) is 0 Å². The largest absolute Gasteiger partial charge is 0.329 e. The van der Waals surface area contributed by atoms with Gasteiger partial charge in [0.05, 0.1) is 0 Å². The number of rotatable bonds is 5. The van der Waals surface area contributed by atoms with Crippen LogP contribution in [0, 0.1) is 12.7 Å². The summed E-state index contributed by atoms with van der Waals surface area (Å²) in [6.07, 6.45) is 0. The van der Waals surface area contributed by atoms with Gasteiger partial charge in [0.25, 0.3) is 0 Å². The minimum absolute atomic E-state index is 0.0286. The van der Waals surface area contributed by atoms with Gasteiger partial charge in [-0.3, -0.25) is 4.90 Å². The van der Waals surface area contributed by atoms with Crippen molar-refractivity contribution < 1.29 is 4.39 Å². The predicted octanol–water partition coefficient (Wildman–Crippen LogP) is 3.92. The van der Waals surface area contributed by atoms with Gasteiger partial charge in [0.2, 0.25) is 0 Å². The highest BCUT2D eigenvalue weighted by Gasteiger charge is 2.17. The van der Waals surface area contributed by atoms with Crippen LogP contribution in [0.15, 0.2) is 42.5 Å². The molecule has 0 amide bonds. The zero-order valence-electron chi connectivity index (χ0n) is 12.3. The second kappa shape index (κ2) is 7.03. The molecule has 0 aromatic heterocycles. The standard InChI is InChI=1S/C17H20ClFN2/c1-12-6-7-14(9-16(12)19)17(10-20)21(2)11-13-4-3-5-15(18)8-13/h3-9,17H,10-11,20H2,1-2H3. The summed E-state index contributed by atoms with van der Waals surface area (Å²) in [6, 6.07) is 13.0. The molecule has 1 unspecified atom stereocenters. The summed E-state index contributed by atoms with van der Waals surface area (Å²) in [5, 5.41) is 0.714. The Labute approximate surface area is 130 Å². The van der Waals surface area contributed by atoms with Crippen molar-refractivity contribution in [1.82, 2.24) is 4.90 Å². The summed E-state index contributed by atoms with van der Waals surface area (Å²) >= 11 is 6.00. The maximum Gasteiger partial charge on any atom is 0.126 e. The van der Waals surface area contributed by atoms with Crippen molar-refractivity contribution in [2.75, 3.05) is 13.6 Å². The van der Waals surface area contributed by atoms with Gasteiger partial charge in [-0.1, -0.05) is 35.9 Å². The number of aryl methyl sites for hydroxylation is 1. The van der Waals surface area contributed by atoms with Gasteiger partial charge in [0, 0.05) is 24.2 Å². The Morgan fingerprint density at radius 1 is 1.24 bits per heavy atom. The van der Waals surface area contributed by atoms with Crippen LogP contribution >= 0.6 is 11.6 Å². The monoisotopic (exact) mass is 306 g/mol. The van der Waals surface area contributed by atoms with E-state index in [4.69, 9.17) is 17.3 Å². The molecule has 0 heterocycles. The topological polar surface area (TPSA) is 29.3 Å². The van der Waals surface area contributed by atoms with E-state index in [9.17, 15) is 4.39 Å². The molecule has 0 bridgehead atoms. The number of nitrogens with two attached hydrogens (primary N) is 1. The van der Waals surface area contributed by atoms with E-state index in [0.717, 1.165) is 11.1 Å². The quantitative estimate of drug-likeness (QED) is 0.907. The van der Waals surface area contributed by atoms with Crippen molar-refractivity contribution in [2.24, 2.45) is 5.73 Å². The first-order valence-electron chi connectivity index (χ1n) is 6.92. The van der Waals surface area contributed by atoms with Crippen LogP contribution in [-0.4, -0.2) is 18.5 Å². The first kappa shape index (κ1) is 16.0. The normalized spacial score (nSPS) is 12.7. The lowest BCUT2D eigenvalue weighted by molar-refractivity contribution is 0.241. The molecule has 2 nitrogen and oxygen atoms in total. The number of halogens is 2. The van der Waals surface area contributed by atoms with E-state index >= 15 is 0 Å². The van der Waals surface area contributed by atoms with Crippen LogP contribution < -0.4 is 5.73 Å². The van der Waals surface area contributed by atoms with Crippen molar-refractivity contribution in [3.05, 3.63) is 70.0 Å². The number of hydrogen-bond acceptors (Lipinski definition) is 2. The fourth-order valence-corrected chi connectivity index (χ4v) is 2.63. The zero-order valence-corrected chi connectivity index (χ0v) is 13.1. The Morgan fingerprint density at radius 3 is 2.62 bits per heavy atom. The van der Waals surface area contributed by atoms with Gasteiger partial charge in [-0.25, -0.2) is 4.39 Å². The molecule has 2 aromatic carbocycles. The Balaban J connectivity index is 2.18. The Bertz CT molecular complexity index is 615. The molecule has 0 spiro atoms. The zero-order chi connectivity index (χ0) is 15.4. The van der Waals surface area contributed by atoms with Crippen molar-refractivity contribution in [2.45, 2.75) is 19.5 Å². The molecular formula is C17H20ClFN2. The highest BCUT2D eigenvalue weighted by molar-refractivity contribution is 6.30. The molecule has 0 aliphatic carbocycles. The average molecular weight is 307 g/mol. The lowest BCUT2D eigenvalue weighted by Gasteiger charge is -2.27. The number of nitrogens with zero attached hydrogens (tertiary/aromatic N) is 1. The molecule has 1 atom stereocenters. The fourth-order valence-electron chi connectivity index (χ4n) is 2.42. The van der Waals surface area contributed by atoms with Crippen LogP contribution in [0.2, 0.25) is 5.02 Å². The summed E-state index contributed by atoms with van der Waals surface area (Å²) in [5.41, 5.74) is 8.53. The molecule has 0 fully saturated rings. The highest BCUT2D eigenvalue weighted by atomic mass is 35.5. The van der Waals surface area contributed by atoms with Gasteiger partial charge in [0.15, 0.2) is 0 Å². The van der Waals surface area contributed by atoms with E-state index in [1.807, 2.05) is 37.4 Å². The SMILES string of the molecule is Cc1ccc(C(CN)N(C)Cc2cccc(Cl)c2)cc1F. The molecular weight excluding hydrogens is 287 g/mol. The first-order chi connectivity index (χ1) is 10.0. The minimum Gasteiger partial charge on any atom is -0.329 e. The summed E-state index contributed by atoms with van der Waals surface area (Å²) in [4.78, 5) is 2.11. The van der Waals surface area contributed by atoms with Gasteiger partial charge < -0.3 is 5.73 Å². The molecule has 4 heteroatoms. The molecule has 21 heavy (non-hydrogen) atoms. The van der Waals surface area contributed by atoms with E-state index < -0.39 is 0 Å². The van der Waals surface area contributed by atoms with Crippen LogP contribution in [0.3, 0.4) is 0 Å². The number of benzene rings is 2. The van der Waals surface area contributed by atoms with Gasteiger partial charge in [0.1, 0.15) is 5.82 Å². The van der Waals surface area contributed by atoms with E-state index in [1.165, 1.54) is 0 Å². The molecule has 2 rings (SSSR count). The van der Waals surface area contributed by atoms with Crippen LogP contribution in [0.4, 0.5) is 4.39 Å². The predicted molar refractivity (Wildman–Crippen MR) is 85.9 cm³/mol. The second-order valence-electron chi connectivity index (χ2n) is 5.31.